The molecule has 0 bridgehead atoms. The average molecular weight is 577 g/mol. The number of hydrazine groups is 1. The molecule has 2 amide bonds. The van der Waals surface area contributed by atoms with Crippen molar-refractivity contribution in [3.05, 3.63) is 61.0 Å². The van der Waals surface area contributed by atoms with Gasteiger partial charge in [0.15, 0.2) is 0 Å². The van der Waals surface area contributed by atoms with E-state index in [0.29, 0.717) is 25.8 Å². The molecule has 1 aromatic carbocycles. The molecule has 0 radical (unpaired) electrons. The normalized spacial score (nSPS) is 18.0. The Bertz CT molecular complexity index is 1320. The molecule has 1 aliphatic rings. The quantitative estimate of drug-likeness (QED) is 0.257. The van der Waals surface area contributed by atoms with Gasteiger partial charge in [0.05, 0.1) is 5.69 Å². The molecule has 9 heteroatoms. The van der Waals surface area contributed by atoms with Gasteiger partial charge in [-0.2, -0.15) is 0 Å². The van der Waals surface area contributed by atoms with Gasteiger partial charge >= 0.3 is 5.97 Å². The molecule has 1 aliphatic heterocycles. The maximum atomic E-state index is 13.2. The lowest BCUT2D eigenvalue weighted by molar-refractivity contribution is -0.157. The van der Waals surface area contributed by atoms with Crippen LogP contribution in [0.3, 0.4) is 0 Å². The lowest BCUT2D eigenvalue weighted by Gasteiger charge is -2.35. The highest BCUT2D eigenvalue weighted by atomic mass is 16.5. The molecule has 0 spiro atoms. The van der Waals surface area contributed by atoms with E-state index in [1.165, 1.54) is 5.01 Å². The second kappa shape index (κ2) is 14.9. The van der Waals surface area contributed by atoms with Crippen molar-refractivity contribution >= 4 is 40.4 Å². The standard InChI is InChI=1S/C33H44N4O5/c1-8-11-21(5)30(38)18-28(20(3)4)31(39)35-22(6)32(40)37-15-10-12-29(36-37)33(41)42-23(7)24-13-14-25-19-34-27(9-2)17-26(25)16-24/h8-9,13-14,16-17,19-23,28-29,36H,1-2,10-12,15,18H2,3-7H3,(H,35,39)/t21-,22+,23-,28+,29+/m1/s1. The summed E-state index contributed by atoms with van der Waals surface area (Å²) in [4.78, 5) is 56.3. The predicted molar refractivity (Wildman–Crippen MR) is 164 cm³/mol. The number of carbonyl (C=O) groups is 4. The zero-order valence-corrected chi connectivity index (χ0v) is 25.4. The number of nitrogens with one attached hydrogen (secondary N) is 2. The fourth-order valence-electron chi connectivity index (χ4n) is 5.03. The summed E-state index contributed by atoms with van der Waals surface area (Å²) in [5.74, 6) is -1.99. The minimum absolute atomic E-state index is 0.00165. The van der Waals surface area contributed by atoms with Crippen molar-refractivity contribution in [3.8, 4) is 0 Å². The summed E-state index contributed by atoms with van der Waals surface area (Å²) in [6.07, 6.45) is 6.44. The zero-order chi connectivity index (χ0) is 31.0. The molecule has 2 N–H and O–H groups in total. The van der Waals surface area contributed by atoms with E-state index in [-0.39, 0.29) is 35.9 Å². The lowest BCUT2D eigenvalue weighted by atomic mass is 9.86. The monoisotopic (exact) mass is 576 g/mol. The predicted octanol–water partition coefficient (Wildman–Crippen LogP) is 4.93. The number of carbonyl (C=O) groups excluding carboxylic acids is 4. The van der Waals surface area contributed by atoms with Crippen molar-refractivity contribution in [2.45, 2.75) is 78.5 Å². The van der Waals surface area contributed by atoms with Crippen LogP contribution in [0.15, 0.2) is 49.7 Å². The second-order valence-corrected chi connectivity index (χ2v) is 11.5. The molecule has 3 rings (SSSR count). The van der Waals surface area contributed by atoms with E-state index in [9.17, 15) is 19.2 Å². The number of nitrogens with zero attached hydrogens (tertiary/aromatic N) is 2. The molecule has 1 aromatic heterocycles. The number of pyridine rings is 1. The Morgan fingerprint density at radius 3 is 2.52 bits per heavy atom. The number of hydrogen-bond donors (Lipinski definition) is 2. The third-order valence-corrected chi connectivity index (χ3v) is 7.84. The number of ketones is 1. The molecule has 1 fully saturated rings. The van der Waals surface area contributed by atoms with Gasteiger partial charge in [-0.25, -0.2) is 5.43 Å². The van der Waals surface area contributed by atoms with Crippen molar-refractivity contribution in [1.29, 1.82) is 0 Å². The first-order valence-electron chi connectivity index (χ1n) is 14.7. The van der Waals surface area contributed by atoms with Crippen LogP contribution in [-0.2, 0) is 23.9 Å². The molecular formula is C33H44N4O5. The molecule has 42 heavy (non-hydrogen) atoms. The van der Waals surface area contributed by atoms with Gasteiger partial charge in [0.1, 0.15) is 24.0 Å². The van der Waals surface area contributed by atoms with Crippen LogP contribution < -0.4 is 10.7 Å². The van der Waals surface area contributed by atoms with Crippen molar-refractivity contribution in [2.75, 3.05) is 6.54 Å². The summed E-state index contributed by atoms with van der Waals surface area (Å²) in [6.45, 7) is 16.9. The molecule has 9 nitrogen and oxygen atoms in total. The molecule has 0 saturated carbocycles. The number of aromatic nitrogens is 1. The third-order valence-electron chi connectivity index (χ3n) is 7.84. The van der Waals surface area contributed by atoms with Crippen LogP contribution in [0.2, 0.25) is 0 Å². The van der Waals surface area contributed by atoms with Crippen LogP contribution >= 0.6 is 0 Å². The van der Waals surface area contributed by atoms with Gasteiger partial charge in [-0.15, -0.1) is 6.58 Å². The van der Waals surface area contributed by atoms with Crippen LogP contribution in [0.4, 0.5) is 0 Å². The van der Waals surface area contributed by atoms with Crippen molar-refractivity contribution in [3.63, 3.8) is 0 Å². The Morgan fingerprint density at radius 2 is 1.86 bits per heavy atom. The Hall–Kier alpha value is -3.85. The van der Waals surface area contributed by atoms with Crippen LogP contribution in [0.5, 0.6) is 0 Å². The maximum absolute atomic E-state index is 13.2. The number of rotatable bonds is 13. The fourth-order valence-corrected chi connectivity index (χ4v) is 5.03. The molecule has 2 aromatic rings. The number of allylic oxidation sites excluding steroid dienone is 1. The SMILES string of the molecule is C=CC[C@@H](C)C(=O)C[C@H](C(=O)N[C@@H](C)C(=O)N1CCC[C@@H](C(=O)O[C@H](C)c2ccc3cnc(C=C)cc3c2)N1)C(C)C. The third kappa shape index (κ3) is 8.35. The Balaban J connectivity index is 1.59. The topological polar surface area (TPSA) is 118 Å². The number of benzene rings is 1. The van der Waals surface area contributed by atoms with Crippen molar-refractivity contribution < 1.29 is 23.9 Å². The summed E-state index contributed by atoms with van der Waals surface area (Å²) >= 11 is 0. The number of fused-ring (bicyclic) bond motifs is 1. The van der Waals surface area contributed by atoms with Gasteiger partial charge in [-0.3, -0.25) is 29.2 Å². The van der Waals surface area contributed by atoms with E-state index in [1.807, 2.05) is 52.0 Å². The number of ether oxygens (including phenoxy) is 1. The van der Waals surface area contributed by atoms with Crippen LogP contribution in [0.25, 0.3) is 16.8 Å². The maximum Gasteiger partial charge on any atom is 0.325 e. The Morgan fingerprint density at radius 1 is 1.12 bits per heavy atom. The fraction of sp³-hybridized carbons (Fsp3) is 0.485. The Labute approximate surface area is 248 Å². The number of Topliss-reactive ketones (excluding diaryl/α,β-unsaturated/α-hetero) is 1. The van der Waals surface area contributed by atoms with Crippen LogP contribution in [-0.4, -0.2) is 52.2 Å². The summed E-state index contributed by atoms with van der Waals surface area (Å²) in [5.41, 5.74) is 4.60. The Kier molecular flexibility index (Phi) is 11.6. The second-order valence-electron chi connectivity index (χ2n) is 11.5. The first-order chi connectivity index (χ1) is 19.9. The van der Waals surface area contributed by atoms with Crippen LogP contribution in [0, 0.1) is 17.8 Å². The van der Waals surface area contributed by atoms with Gasteiger partial charge in [0.25, 0.3) is 5.91 Å². The highest BCUT2D eigenvalue weighted by Crippen LogP contribution is 2.25. The van der Waals surface area contributed by atoms with Crippen LogP contribution in [0.1, 0.15) is 77.7 Å². The summed E-state index contributed by atoms with van der Waals surface area (Å²) in [5, 5.41) is 6.11. The zero-order valence-electron chi connectivity index (χ0n) is 25.4. The highest BCUT2D eigenvalue weighted by Gasteiger charge is 2.34. The minimum atomic E-state index is -0.840. The van der Waals surface area contributed by atoms with Gasteiger partial charge in [0, 0.05) is 36.4 Å². The first kappa shape index (κ1) is 32.7. The minimum Gasteiger partial charge on any atom is -0.457 e. The number of amides is 2. The van der Waals surface area contributed by atoms with Crippen molar-refractivity contribution in [2.24, 2.45) is 17.8 Å². The van der Waals surface area contributed by atoms with E-state index in [2.05, 4.69) is 28.9 Å². The molecular weight excluding hydrogens is 532 g/mol. The summed E-state index contributed by atoms with van der Waals surface area (Å²) in [6, 6.07) is 6.20. The van der Waals surface area contributed by atoms with E-state index in [1.54, 1.807) is 25.3 Å². The van der Waals surface area contributed by atoms with Gasteiger partial charge < -0.3 is 10.1 Å². The lowest BCUT2D eigenvalue weighted by Crippen LogP contribution is -2.59. The van der Waals surface area contributed by atoms with Gasteiger partial charge in [-0.05, 0) is 68.2 Å². The number of esters is 1. The van der Waals surface area contributed by atoms with E-state index < -0.39 is 30.1 Å². The molecule has 2 heterocycles. The average Bonchev–Trinajstić information content (AvgIpc) is 2.98. The molecule has 0 unspecified atom stereocenters. The smallest absolute Gasteiger partial charge is 0.325 e. The summed E-state index contributed by atoms with van der Waals surface area (Å²) in [7, 11) is 0. The molecule has 226 valence electrons. The molecule has 5 atom stereocenters. The van der Waals surface area contributed by atoms with E-state index in [4.69, 9.17) is 4.74 Å². The highest BCUT2D eigenvalue weighted by molar-refractivity contribution is 5.91. The number of hydrogen-bond acceptors (Lipinski definition) is 7. The van der Waals surface area contributed by atoms with Gasteiger partial charge in [0.2, 0.25) is 5.91 Å². The van der Waals surface area contributed by atoms with Crippen molar-refractivity contribution in [1.82, 2.24) is 20.7 Å². The van der Waals surface area contributed by atoms with Gasteiger partial charge in [-0.1, -0.05) is 45.6 Å². The first-order valence-corrected chi connectivity index (χ1v) is 14.7. The van der Waals surface area contributed by atoms with E-state index >= 15 is 0 Å². The van der Waals surface area contributed by atoms with E-state index in [0.717, 1.165) is 22.0 Å². The molecule has 1 saturated heterocycles. The molecule has 0 aliphatic carbocycles. The largest absolute Gasteiger partial charge is 0.457 e. The summed E-state index contributed by atoms with van der Waals surface area (Å²) < 4.78 is 5.78.